The molecule has 0 bridgehead atoms. The highest BCUT2D eigenvalue weighted by atomic mass is 32.2. The molecule has 2 aliphatic heterocycles. The molecule has 3 rings (SSSR count). The van der Waals surface area contributed by atoms with Crippen LogP contribution in [0.5, 0.6) is 0 Å². The van der Waals surface area contributed by atoms with Gasteiger partial charge in [0.1, 0.15) is 4.90 Å². The Labute approximate surface area is 170 Å². The number of morpholine rings is 1. The largest absolute Gasteiger partial charge is 0.373 e. The molecule has 0 unspecified atom stereocenters. The first-order chi connectivity index (χ1) is 13.7. The zero-order valence-electron chi connectivity index (χ0n) is 16.9. The molecule has 0 spiro atoms. The van der Waals surface area contributed by atoms with E-state index in [1.54, 1.807) is 13.8 Å². The van der Waals surface area contributed by atoms with Crippen molar-refractivity contribution in [2.45, 2.75) is 43.8 Å². The van der Waals surface area contributed by atoms with E-state index in [2.05, 4.69) is 15.4 Å². The average Bonchev–Trinajstić information content (AvgIpc) is 2.66. The molecule has 2 heterocycles. The second-order valence-corrected chi connectivity index (χ2v) is 9.52. The maximum atomic E-state index is 13.3. The van der Waals surface area contributed by atoms with Crippen molar-refractivity contribution in [1.29, 1.82) is 0 Å². The Balaban J connectivity index is 1.93. The van der Waals surface area contributed by atoms with Crippen molar-refractivity contribution in [3.63, 3.8) is 0 Å². The topological polar surface area (TPSA) is 117 Å². The summed E-state index contributed by atoms with van der Waals surface area (Å²) in [6.45, 7) is 5.75. The molecule has 2 fully saturated rings. The van der Waals surface area contributed by atoms with Crippen LogP contribution < -0.4 is 5.43 Å². The number of nitrogens with one attached hydrogen (secondary N) is 1. The Morgan fingerprint density at radius 2 is 1.83 bits per heavy atom. The van der Waals surface area contributed by atoms with Crippen LogP contribution >= 0.6 is 0 Å². The first-order valence-corrected chi connectivity index (χ1v) is 11.0. The van der Waals surface area contributed by atoms with E-state index in [0.717, 1.165) is 37.7 Å². The van der Waals surface area contributed by atoms with E-state index in [9.17, 15) is 18.5 Å². The maximum absolute atomic E-state index is 13.3. The van der Waals surface area contributed by atoms with Gasteiger partial charge in [-0.2, -0.15) is 9.41 Å². The number of non-ortho nitro benzene ring substituents is 1. The zero-order chi connectivity index (χ0) is 21.2. The van der Waals surface area contributed by atoms with Gasteiger partial charge in [0.2, 0.25) is 10.0 Å². The van der Waals surface area contributed by atoms with E-state index in [1.165, 1.54) is 16.4 Å². The molecule has 2 aliphatic rings. The molecular formula is C18H27N5O5S. The van der Waals surface area contributed by atoms with Crippen molar-refractivity contribution in [3.8, 4) is 0 Å². The standard InChI is InChI=1S/C18H27N5O5S/c1-13-11-22(12-14(2)28-13)29(26,27)18-10-16(23(24)25)4-5-17(18)20-19-15-6-8-21(3)9-7-15/h4-5,10,13-14,20H,6-9,11-12H2,1-3H3/t13-,14-/m1/s1. The van der Waals surface area contributed by atoms with E-state index in [-0.39, 0.29) is 41.6 Å². The number of ether oxygens (including phenoxy) is 1. The van der Waals surface area contributed by atoms with Gasteiger partial charge in [-0.05, 0) is 27.0 Å². The molecule has 11 heteroatoms. The summed E-state index contributed by atoms with van der Waals surface area (Å²) in [5, 5.41) is 15.6. The van der Waals surface area contributed by atoms with Crippen molar-refractivity contribution in [2.75, 3.05) is 38.7 Å². The summed E-state index contributed by atoms with van der Waals surface area (Å²) < 4.78 is 33.6. The maximum Gasteiger partial charge on any atom is 0.270 e. The molecule has 0 saturated carbocycles. The summed E-state index contributed by atoms with van der Waals surface area (Å²) in [6, 6.07) is 3.77. The second kappa shape index (κ2) is 8.74. The Bertz CT molecular complexity index is 884. The van der Waals surface area contributed by atoms with E-state index in [0.29, 0.717) is 0 Å². The second-order valence-electron chi connectivity index (χ2n) is 7.61. The lowest BCUT2D eigenvalue weighted by Gasteiger charge is -2.34. The van der Waals surface area contributed by atoms with Crippen LogP contribution in [0.15, 0.2) is 28.2 Å². The molecule has 29 heavy (non-hydrogen) atoms. The normalized spacial score (nSPS) is 24.3. The van der Waals surface area contributed by atoms with Crippen LogP contribution in [0.4, 0.5) is 11.4 Å². The molecule has 1 aromatic carbocycles. The molecule has 160 valence electrons. The predicted octanol–water partition coefficient (Wildman–Crippen LogP) is 1.89. The number of sulfonamides is 1. The monoisotopic (exact) mass is 425 g/mol. The number of nitro benzene ring substituents is 1. The summed E-state index contributed by atoms with van der Waals surface area (Å²) in [5.41, 5.74) is 3.73. The van der Waals surface area contributed by atoms with Gasteiger partial charge in [0.15, 0.2) is 0 Å². The minimum absolute atomic E-state index is 0.148. The van der Waals surface area contributed by atoms with Gasteiger partial charge in [-0.25, -0.2) is 8.42 Å². The number of hydrogen-bond acceptors (Lipinski definition) is 8. The summed E-state index contributed by atoms with van der Waals surface area (Å²) in [5.74, 6) is 0. The molecule has 1 N–H and O–H groups in total. The van der Waals surface area contributed by atoms with Crippen molar-refractivity contribution < 1.29 is 18.1 Å². The van der Waals surface area contributed by atoms with E-state index < -0.39 is 14.9 Å². The molecule has 2 saturated heterocycles. The Hall–Kier alpha value is -2.08. The minimum atomic E-state index is -3.97. The number of hydrazone groups is 1. The summed E-state index contributed by atoms with van der Waals surface area (Å²) in [4.78, 5) is 12.7. The van der Waals surface area contributed by atoms with Gasteiger partial charge in [-0.3, -0.25) is 15.5 Å². The van der Waals surface area contributed by atoms with Crippen LogP contribution in [0.25, 0.3) is 0 Å². The number of hydrogen-bond donors (Lipinski definition) is 1. The fourth-order valence-electron chi connectivity index (χ4n) is 3.52. The lowest BCUT2D eigenvalue weighted by molar-refractivity contribution is -0.385. The fourth-order valence-corrected chi connectivity index (χ4v) is 5.28. The van der Waals surface area contributed by atoms with Crippen molar-refractivity contribution >= 4 is 27.1 Å². The van der Waals surface area contributed by atoms with Crippen LogP contribution in [0.1, 0.15) is 26.7 Å². The number of piperidine rings is 1. The van der Waals surface area contributed by atoms with Gasteiger partial charge in [0.25, 0.3) is 5.69 Å². The van der Waals surface area contributed by atoms with Gasteiger partial charge < -0.3 is 9.64 Å². The molecule has 0 amide bonds. The Morgan fingerprint density at radius 1 is 1.21 bits per heavy atom. The van der Waals surface area contributed by atoms with Gasteiger partial charge in [-0.15, -0.1) is 0 Å². The lowest BCUT2D eigenvalue weighted by Crippen LogP contribution is -2.48. The van der Waals surface area contributed by atoms with Crippen LogP contribution in [0.2, 0.25) is 0 Å². The van der Waals surface area contributed by atoms with Crippen LogP contribution in [0.3, 0.4) is 0 Å². The van der Waals surface area contributed by atoms with Gasteiger partial charge >= 0.3 is 0 Å². The molecule has 0 radical (unpaired) electrons. The third-order valence-electron chi connectivity index (χ3n) is 5.08. The highest BCUT2D eigenvalue weighted by molar-refractivity contribution is 7.89. The van der Waals surface area contributed by atoms with E-state index >= 15 is 0 Å². The molecule has 1 aromatic rings. The number of anilines is 1. The smallest absolute Gasteiger partial charge is 0.270 e. The molecule has 2 atom stereocenters. The number of likely N-dealkylation sites (tertiary alicyclic amines) is 1. The van der Waals surface area contributed by atoms with Crippen molar-refractivity contribution in [2.24, 2.45) is 5.10 Å². The first-order valence-electron chi connectivity index (χ1n) is 9.61. The predicted molar refractivity (Wildman–Crippen MR) is 110 cm³/mol. The number of benzene rings is 1. The Kier molecular flexibility index (Phi) is 6.52. The van der Waals surface area contributed by atoms with E-state index in [1.807, 2.05) is 7.05 Å². The van der Waals surface area contributed by atoms with Gasteiger partial charge in [0, 0.05) is 56.9 Å². The fraction of sp³-hybridized carbons (Fsp3) is 0.611. The van der Waals surface area contributed by atoms with Gasteiger partial charge in [-0.1, -0.05) is 0 Å². The minimum Gasteiger partial charge on any atom is -0.373 e. The molecule has 0 aliphatic carbocycles. The van der Waals surface area contributed by atoms with Crippen LogP contribution in [-0.4, -0.2) is 73.7 Å². The molecule has 10 nitrogen and oxygen atoms in total. The number of rotatable bonds is 5. The van der Waals surface area contributed by atoms with Crippen LogP contribution in [-0.2, 0) is 14.8 Å². The lowest BCUT2D eigenvalue weighted by atomic mass is 10.1. The number of nitro groups is 1. The summed E-state index contributed by atoms with van der Waals surface area (Å²) in [7, 11) is -1.93. The van der Waals surface area contributed by atoms with Crippen molar-refractivity contribution in [3.05, 3.63) is 28.3 Å². The highest BCUT2D eigenvalue weighted by Gasteiger charge is 2.34. The average molecular weight is 426 g/mol. The zero-order valence-corrected chi connectivity index (χ0v) is 17.7. The Morgan fingerprint density at radius 3 is 2.41 bits per heavy atom. The SMILES string of the molecule is C[C@@H]1CN(S(=O)(=O)c2cc([N+](=O)[O-])ccc2NN=C2CCN(C)CC2)C[C@@H](C)O1. The van der Waals surface area contributed by atoms with E-state index in [4.69, 9.17) is 4.74 Å². The van der Waals surface area contributed by atoms with Crippen molar-refractivity contribution in [1.82, 2.24) is 9.21 Å². The summed E-state index contributed by atoms with van der Waals surface area (Å²) in [6.07, 6.45) is 1.06. The quantitative estimate of drug-likeness (QED) is 0.565. The highest BCUT2D eigenvalue weighted by Crippen LogP contribution is 2.31. The molecule has 0 aromatic heterocycles. The van der Waals surface area contributed by atoms with Gasteiger partial charge in [0.05, 0.1) is 22.8 Å². The third-order valence-corrected chi connectivity index (χ3v) is 6.95. The van der Waals surface area contributed by atoms with Crippen LogP contribution in [0, 0.1) is 10.1 Å². The first kappa shape index (κ1) is 21.6. The number of nitrogens with zero attached hydrogens (tertiary/aromatic N) is 4. The summed E-state index contributed by atoms with van der Waals surface area (Å²) >= 11 is 0. The third kappa shape index (κ3) is 5.10. The molecular weight excluding hydrogens is 398 g/mol.